The monoisotopic (exact) mass is 314 g/mol. The second-order valence-corrected chi connectivity index (χ2v) is 5.17. The first-order chi connectivity index (χ1) is 10.9. The van der Waals surface area contributed by atoms with Crippen molar-refractivity contribution in [1.29, 1.82) is 0 Å². The van der Waals surface area contributed by atoms with Gasteiger partial charge in [-0.2, -0.15) is 0 Å². The molecule has 1 N–H and O–H groups in total. The third kappa shape index (κ3) is 4.06. The number of carbonyl (C=O) groups excluding carboxylic acids is 3. The van der Waals surface area contributed by atoms with Crippen molar-refractivity contribution in [2.24, 2.45) is 7.05 Å². The summed E-state index contributed by atoms with van der Waals surface area (Å²) in [7, 11) is 1.72. The molecule has 0 saturated heterocycles. The molecule has 23 heavy (non-hydrogen) atoms. The topological polar surface area (TPSA) is 77.4 Å². The van der Waals surface area contributed by atoms with Gasteiger partial charge in [0.05, 0.1) is 0 Å². The Kier molecular flexibility index (Phi) is 4.95. The smallest absolute Gasteiger partial charge is 0.355 e. The molecule has 1 heterocycles. The number of hydrogen-bond donors (Lipinski definition) is 1. The number of amides is 1. The summed E-state index contributed by atoms with van der Waals surface area (Å²) in [6.07, 6.45) is 0.780. The minimum atomic E-state index is -0.940. The van der Waals surface area contributed by atoms with E-state index in [1.807, 2.05) is 0 Å². The van der Waals surface area contributed by atoms with Crippen molar-refractivity contribution in [1.82, 2.24) is 4.57 Å². The lowest BCUT2D eigenvalue weighted by molar-refractivity contribution is -0.123. The molecule has 6 nitrogen and oxygen atoms in total. The highest BCUT2D eigenvalue weighted by atomic mass is 16.5. The summed E-state index contributed by atoms with van der Waals surface area (Å²) < 4.78 is 6.76. The number of rotatable bonds is 5. The maximum Gasteiger partial charge on any atom is 0.355 e. The molecule has 1 amide bonds. The third-order valence-electron chi connectivity index (χ3n) is 3.36. The molecule has 1 aromatic heterocycles. The van der Waals surface area contributed by atoms with Crippen molar-refractivity contribution < 1.29 is 19.1 Å². The Labute approximate surface area is 134 Å². The Morgan fingerprint density at radius 3 is 2.30 bits per heavy atom. The number of carbonyl (C=O) groups is 3. The number of esters is 1. The Hall–Kier alpha value is -2.89. The number of aryl methyl sites for hydroxylation is 1. The molecule has 0 radical (unpaired) electrons. The molecule has 0 aliphatic carbocycles. The van der Waals surface area contributed by atoms with Gasteiger partial charge in [-0.05, 0) is 50.2 Å². The van der Waals surface area contributed by atoms with Crippen LogP contribution in [0.5, 0.6) is 0 Å². The molecular weight excluding hydrogens is 296 g/mol. The van der Waals surface area contributed by atoms with Gasteiger partial charge in [-0.1, -0.05) is 0 Å². The zero-order valence-electron chi connectivity index (χ0n) is 13.2. The summed E-state index contributed by atoms with van der Waals surface area (Å²) in [5.41, 5.74) is 1.46. The summed E-state index contributed by atoms with van der Waals surface area (Å²) in [4.78, 5) is 35.2. The van der Waals surface area contributed by atoms with Gasteiger partial charge >= 0.3 is 5.97 Å². The Morgan fingerprint density at radius 1 is 1.13 bits per heavy atom. The van der Waals surface area contributed by atoms with Gasteiger partial charge in [-0.25, -0.2) is 4.79 Å². The van der Waals surface area contributed by atoms with E-state index in [9.17, 15) is 14.4 Å². The summed E-state index contributed by atoms with van der Waals surface area (Å²) in [6, 6.07) is 9.84. The second-order valence-electron chi connectivity index (χ2n) is 5.17. The van der Waals surface area contributed by atoms with Crippen molar-refractivity contribution in [3.05, 3.63) is 53.9 Å². The highest BCUT2D eigenvalue weighted by molar-refractivity contribution is 5.98. The molecule has 0 saturated carbocycles. The van der Waals surface area contributed by atoms with Crippen LogP contribution in [0.2, 0.25) is 0 Å². The zero-order chi connectivity index (χ0) is 17.0. The molecule has 6 heteroatoms. The Balaban J connectivity index is 1.96. The van der Waals surface area contributed by atoms with E-state index < -0.39 is 18.0 Å². The molecule has 1 aromatic carbocycles. The molecule has 1 atom stereocenters. The number of anilines is 1. The summed E-state index contributed by atoms with van der Waals surface area (Å²) in [5, 5.41) is 2.64. The minimum absolute atomic E-state index is 0.0484. The first-order valence-corrected chi connectivity index (χ1v) is 7.12. The summed E-state index contributed by atoms with van der Waals surface area (Å²) in [5.74, 6) is -1.05. The van der Waals surface area contributed by atoms with Crippen molar-refractivity contribution >= 4 is 23.3 Å². The summed E-state index contributed by atoms with van der Waals surface area (Å²) in [6.45, 7) is 2.97. The Morgan fingerprint density at radius 2 is 1.78 bits per heavy atom. The predicted octanol–water partition coefficient (Wildman–Crippen LogP) is 2.41. The molecule has 120 valence electrons. The van der Waals surface area contributed by atoms with Crippen LogP contribution < -0.4 is 5.32 Å². The standard InChI is InChI=1S/C17H18N2O4/c1-11(20)13-6-8-14(9-7-13)18-16(21)12(2)23-17(22)15-5-4-10-19(15)3/h4-10,12H,1-3H3,(H,18,21)/t12-/m1/s1. The van der Waals surface area contributed by atoms with E-state index in [-0.39, 0.29) is 5.78 Å². The number of nitrogens with zero attached hydrogens (tertiary/aromatic N) is 1. The Bertz CT molecular complexity index is 731. The number of ketones is 1. The molecule has 0 bridgehead atoms. The van der Waals surface area contributed by atoms with Crippen molar-refractivity contribution in [3.8, 4) is 0 Å². The van der Waals surface area contributed by atoms with Gasteiger partial charge < -0.3 is 14.6 Å². The van der Waals surface area contributed by atoms with Crippen LogP contribution in [-0.2, 0) is 16.6 Å². The van der Waals surface area contributed by atoms with Crippen LogP contribution in [0, 0.1) is 0 Å². The molecule has 0 fully saturated rings. The normalized spacial score (nSPS) is 11.6. The second kappa shape index (κ2) is 6.91. The molecule has 0 aliphatic rings. The van der Waals surface area contributed by atoms with Crippen LogP contribution in [0.1, 0.15) is 34.7 Å². The highest BCUT2D eigenvalue weighted by Crippen LogP contribution is 2.12. The first kappa shape index (κ1) is 16.5. The van der Waals surface area contributed by atoms with Gasteiger partial charge in [0.25, 0.3) is 5.91 Å². The molecular formula is C17H18N2O4. The molecule has 2 aromatic rings. The predicted molar refractivity (Wildman–Crippen MR) is 85.4 cm³/mol. The lowest BCUT2D eigenvalue weighted by Gasteiger charge is -2.14. The number of hydrogen-bond acceptors (Lipinski definition) is 4. The van der Waals surface area contributed by atoms with E-state index >= 15 is 0 Å². The number of benzene rings is 1. The van der Waals surface area contributed by atoms with Gasteiger partial charge in [-0.3, -0.25) is 9.59 Å². The lowest BCUT2D eigenvalue weighted by Crippen LogP contribution is -2.30. The quantitative estimate of drug-likeness (QED) is 0.679. The fourth-order valence-electron chi connectivity index (χ4n) is 1.98. The highest BCUT2D eigenvalue weighted by Gasteiger charge is 2.20. The zero-order valence-corrected chi connectivity index (χ0v) is 13.2. The van der Waals surface area contributed by atoms with Crippen LogP contribution >= 0.6 is 0 Å². The van der Waals surface area contributed by atoms with Crippen LogP contribution in [0.3, 0.4) is 0 Å². The average Bonchev–Trinajstić information content (AvgIpc) is 2.93. The van der Waals surface area contributed by atoms with Crippen LogP contribution in [0.15, 0.2) is 42.6 Å². The van der Waals surface area contributed by atoms with E-state index in [0.29, 0.717) is 16.9 Å². The van der Waals surface area contributed by atoms with Gasteiger partial charge in [0.1, 0.15) is 5.69 Å². The van der Waals surface area contributed by atoms with E-state index in [4.69, 9.17) is 4.74 Å². The number of ether oxygens (including phenoxy) is 1. The largest absolute Gasteiger partial charge is 0.448 e. The van der Waals surface area contributed by atoms with Crippen LogP contribution in [-0.4, -0.2) is 28.3 Å². The maximum absolute atomic E-state index is 12.1. The molecule has 0 unspecified atom stereocenters. The number of aromatic nitrogens is 1. The fraction of sp³-hybridized carbons (Fsp3) is 0.235. The van der Waals surface area contributed by atoms with E-state index in [1.54, 1.807) is 54.2 Å². The third-order valence-corrected chi connectivity index (χ3v) is 3.36. The van der Waals surface area contributed by atoms with E-state index in [0.717, 1.165) is 0 Å². The van der Waals surface area contributed by atoms with Gasteiger partial charge in [0.2, 0.25) is 0 Å². The lowest BCUT2D eigenvalue weighted by atomic mass is 10.1. The van der Waals surface area contributed by atoms with E-state index in [1.165, 1.54) is 13.8 Å². The molecule has 0 aliphatic heterocycles. The maximum atomic E-state index is 12.1. The van der Waals surface area contributed by atoms with Crippen LogP contribution in [0.4, 0.5) is 5.69 Å². The van der Waals surface area contributed by atoms with Crippen molar-refractivity contribution in [2.75, 3.05) is 5.32 Å². The summed E-state index contributed by atoms with van der Waals surface area (Å²) >= 11 is 0. The van der Waals surface area contributed by atoms with Gasteiger partial charge in [-0.15, -0.1) is 0 Å². The van der Waals surface area contributed by atoms with Crippen LogP contribution in [0.25, 0.3) is 0 Å². The SMILES string of the molecule is CC(=O)c1ccc(NC(=O)[C@@H](C)OC(=O)c2cccn2C)cc1. The minimum Gasteiger partial charge on any atom is -0.448 e. The van der Waals surface area contributed by atoms with Gasteiger partial charge in [0, 0.05) is 24.5 Å². The first-order valence-electron chi connectivity index (χ1n) is 7.12. The average molecular weight is 314 g/mol. The number of nitrogens with one attached hydrogen (secondary N) is 1. The molecule has 0 spiro atoms. The van der Waals surface area contributed by atoms with E-state index in [2.05, 4.69) is 5.32 Å². The van der Waals surface area contributed by atoms with Crippen molar-refractivity contribution in [3.63, 3.8) is 0 Å². The van der Waals surface area contributed by atoms with Gasteiger partial charge in [0.15, 0.2) is 11.9 Å². The fourth-order valence-corrected chi connectivity index (χ4v) is 1.98. The number of Topliss-reactive ketones (excluding diaryl/α,β-unsaturated/α-hetero) is 1. The molecule has 2 rings (SSSR count). The van der Waals surface area contributed by atoms with Crippen molar-refractivity contribution in [2.45, 2.75) is 20.0 Å².